The molecule has 13 heteroatoms. The zero-order chi connectivity index (χ0) is 24.8. The number of anilines is 1. The van der Waals surface area contributed by atoms with E-state index in [4.69, 9.17) is 23.2 Å². The van der Waals surface area contributed by atoms with Crippen LogP contribution in [0.4, 0.5) is 11.4 Å². The van der Waals surface area contributed by atoms with Crippen molar-refractivity contribution < 1.29 is 14.5 Å². The molecule has 0 radical (unpaired) electrons. The molecule has 0 saturated carbocycles. The number of carbonyl (C=O) groups is 2. The maximum atomic E-state index is 12.6. The number of nitro benzene ring substituents is 1. The van der Waals surface area contributed by atoms with E-state index < -0.39 is 16.9 Å². The highest BCUT2D eigenvalue weighted by Gasteiger charge is 2.21. The number of non-ortho nitro benzene ring substituents is 1. The van der Waals surface area contributed by atoms with Crippen molar-refractivity contribution in [3.63, 3.8) is 0 Å². The third-order valence-electron chi connectivity index (χ3n) is 4.68. The van der Waals surface area contributed by atoms with E-state index in [0.29, 0.717) is 28.1 Å². The largest absolute Gasteiger partial charge is 0.342 e. The monoisotopic (exact) mass is 522 g/mol. The van der Waals surface area contributed by atoms with Gasteiger partial charge < -0.3 is 15.2 Å². The van der Waals surface area contributed by atoms with Crippen molar-refractivity contribution in [3.05, 3.63) is 74.0 Å². The third-order valence-corrected chi connectivity index (χ3v) is 6.31. The molecule has 2 N–H and O–H groups in total. The maximum absolute atomic E-state index is 12.6. The molecule has 0 fully saturated rings. The minimum absolute atomic E-state index is 0.0302. The molecule has 0 spiro atoms. The number of halogens is 2. The summed E-state index contributed by atoms with van der Waals surface area (Å²) >= 11 is 13.3. The molecule has 1 heterocycles. The lowest BCUT2D eigenvalue weighted by atomic mass is 10.2. The molecule has 1 aromatic heterocycles. The first kappa shape index (κ1) is 25.5. The van der Waals surface area contributed by atoms with Crippen LogP contribution in [0.5, 0.6) is 0 Å². The Balaban J connectivity index is 1.66. The van der Waals surface area contributed by atoms with Gasteiger partial charge in [-0.05, 0) is 32.0 Å². The van der Waals surface area contributed by atoms with Gasteiger partial charge in [0.25, 0.3) is 11.6 Å². The Morgan fingerprint density at radius 1 is 1.18 bits per heavy atom. The molecule has 0 aliphatic carbocycles. The van der Waals surface area contributed by atoms with Gasteiger partial charge in [0, 0.05) is 18.7 Å². The summed E-state index contributed by atoms with van der Waals surface area (Å²) in [6, 6.07) is 10.1. The summed E-state index contributed by atoms with van der Waals surface area (Å²) in [6.07, 6.45) is 0. The van der Waals surface area contributed by atoms with Crippen molar-refractivity contribution >= 4 is 58.2 Å². The molecule has 0 aliphatic rings. The standard InChI is InChI=1S/C21H20Cl2N6O4S/c1-3-28-19(12(2)24-20(31)14-6-4-5-7-15(14)22)26-27-21(28)34-11-18(30)25-17-10-13(29(32)33)8-9-16(17)23/h4-10,12H,3,11H2,1-2H3,(H,24,31)(H,25,30)/t12-/m1/s1. The highest BCUT2D eigenvalue weighted by atomic mass is 35.5. The highest BCUT2D eigenvalue weighted by Crippen LogP contribution is 2.27. The molecule has 2 aromatic carbocycles. The number of benzene rings is 2. The molecule has 0 unspecified atom stereocenters. The van der Waals surface area contributed by atoms with Crippen molar-refractivity contribution in [1.82, 2.24) is 20.1 Å². The van der Waals surface area contributed by atoms with Crippen LogP contribution < -0.4 is 10.6 Å². The van der Waals surface area contributed by atoms with E-state index in [1.54, 1.807) is 35.8 Å². The normalized spacial score (nSPS) is 11.6. The van der Waals surface area contributed by atoms with Crippen molar-refractivity contribution in [2.45, 2.75) is 31.6 Å². The molecular weight excluding hydrogens is 503 g/mol. The number of nitrogens with one attached hydrogen (secondary N) is 2. The summed E-state index contributed by atoms with van der Waals surface area (Å²) in [6.45, 7) is 4.17. The van der Waals surface area contributed by atoms with Crippen LogP contribution in [-0.2, 0) is 11.3 Å². The fourth-order valence-electron chi connectivity index (χ4n) is 3.05. The summed E-state index contributed by atoms with van der Waals surface area (Å²) < 4.78 is 1.79. The van der Waals surface area contributed by atoms with Gasteiger partial charge >= 0.3 is 0 Å². The van der Waals surface area contributed by atoms with Crippen LogP contribution in [-0.4, -0.2) is 37.3 Å². The van der Waals surface area contributed by atoms with Gasteiger partial charge in [0.05, 0.1) is 38.0 Å². The van der Waals surface area contributed by atoms with Crippen LogP contribution in [0.25, 0.3) is 0 Å². The fourth-order valence-corrected chi connectivity index (χ4v) is 4.24. The van der Waals surface area contributed by atoms with Gasteiger partial charge in [-0.15, -0.1) is 10.2 Å². The summed E-state index contributed by atoms with van der Waals surface area (Å²) in [7, 11) is 0. The molecule has 3 rings (SSSR count). The van der Waals surface area contributed by atoms with Gasteiger partial charge in [-0.2, -0.15) is 0 Å². The number of nitrogens with zero attached hydrogens (tertiary/aromatic N) is 4. The van der Waals surface area contributed by atoms with E-state index in [2.05, 4.69) is 20.8 Å². The number of amides is 2. The second-order valence-electron chi connectivity index (χ2n) is 7.02. The first-order valence-corrected chi connectivity index (χ1v) is 11.8. The predicted octanol–water partition coefficient (Wildman–Crippen LogP) is 4.73. The van der Waals surface area contributed by atoms with Gasteiger partial charge in [0.1, 0.15) is 0 Å². The van der Waals surface area contributed by atoms with Crippen LogP contribution in [0.3, 0.4) is 0 Å². The summed E-state index contributed by atoms with van der Waals surface area (Å²) in [5, 5.41) is 25.7. The van der Waals surface area contributed by atoms with Crippen LogP contribution in [0, 0.1) is 10.1 Å². The number of thioether (sulfide) groups is 1. The number of rotatable bonds is 9. The van der Waals surface area contributed by atoms with Gasteiger partial charge in [-0.1, -0.05) is 47.1 Å². The van der Waals surface area contributed by atoms with Crippen LogP contribution in [0.1, 0.15) is 36.1 Å². The maximum Gasteiger partial charge on any atom is 0.271 e. The van der Waals surface area contributed by atoms with E-state index in [0.717, 1.165) is 11.8 Å². The number of nitro groups is 1. The van der Waals surface area contributed by atoms with Gasteiger partial charge in [-0.3, -0.25) is 19.7 Å². The lowest BCUT2D eigenvalue weighted by Crippen LogP contribution is -2.29. The van der Waals surface area contributed by atoms with E-state index in [1.165, 1.54) is 18.2 Å². The molecule has 0 saturated heterocycles. The third kappa shape index (κ3) is 6.04. The fraction of sp³-hybridized carbons (Fsp3) is 0.238. The number of hydrogen-bond acceptors (Lipinski definition) is 7. The average molecular weight is 523 g/mol. The smallest absolute Gasteiger partial charge is 0.271 e. The second-order valence-corrected chi connectivity index (χ2v) is 8.78. The van der Waals surface area contributed by atoms with Crippen molar-refractivity contribution in [1.29, 1.82) is 0 Å². The van der Waals surface area contributed by atoms with Crippen LogP contribution in [0.2, 0.25) is 10.0 Å². The molecule has 0 bridgehead atoms. The molecule has 2 amide bonds. The first-order chi connectivity index (χ1) is 16.2. The number of hydrogen-bond donors (Lipinski definition) is 2. The summed E-state index contributed by atoms with van der Waals surface area (Å²) in [4.78, 5) is 35.4. The van der Waals surface area contributed by atoms with Gasteiger partial charge in [0.15, 0.2) is 11.0 Å². The minimum atomic E-state index is -0.572. The first-order valence-electron chi connectivity index (χ1n) is 10.1. The van der Waals surface area contributed by atoms with Gasteiger partial charge in [-0.25, -0.2) is 0 Å². The quantitative estimate of drug-likeness (QED) is 0.235. The minimum Gasteiger partial charge on any atom is -0.342 e. The molecule has 3 aromatic rings. The van der Waals surface area contributed by atoms with E-state index in [9.17, 15) is 19.7 Å². The van der Waals surface area contributed by atoms with Crippen LogP contribution in [0.15, 0.2) is 47.6 Å². The molecule has 10 nitrogen and oxygen atoms in total. The topological polar surface area (TPSA) is 132 Å². The summed E-state index contributed by atoms with van der Waals surface area (Å²) in [5.74, 6) is -0.268. The number of carbonyl (C=O) groups excluding carboxylic acids is 2. The highest BCUT2D eigenvalue weighted by molar-refractivity contribution is 7.99. The Morgan fingerprint density at radius 2 is 1.91 bits per heavy atom. The molecule has 178 valence electrons. The predicted molar refractivity (Wildman–Crippen MR) is 130 cm³/mol. The summed E-state index contributed by atoms with van der Waals surface area (Å²) in [5.41, 5.74) is 0.315. The zero-order valence-corrected chi connectivity index (χ0v) is 20.4. The molecule has 1 atom stereocenters. The van der Waals surface area contributed by atoms with E-state index in [1.807, 2.05) is 6.92 Å². The molecular formula is C21H20Cl2N6O4S. The Labute approximate surface area is 209 Å². The second kappa shape index (κ2) is 11.3. The lowest BCUT2D eigenvalue weighted by molar-refractivity contribution is -0.384. The van der Waals surface area contributed by atoms with Gasteiger partial charge in [0.2, 0.25) is 5.91 Å². The van der Waals surface area contributed by atoms with Crippen LogP contribution >= 0.6 is 35.0 Å². The Kier molecular flexibility index (Phi) is 8.48. The SMILES string of the molecule is CCn1c(SCC(=O)Nc2cc([N+](=O)[O-])ccc2Cl)nnc1[C@@H](C)NC(=O)c1ccccc1Cl. The van der Waals surface area contributed by atoms with Crippen molar-refractivity contribution in [2.24, 2.45) is 0 Å². The van der Waals surface area contributed by atoms with Crippen molar-refractivity contribution in [3.8, 4) is 0 Å². The zero-order valence-electron chi connectivity index (χ0n) is 18.1. The van der Waals surface area contributed by atoms with Crippen molar-refractivity contribution in [2.75, 3.05) is 11.1 Å². The van der Waals surface area contributed by atoms with E-state index >= 15 is 0 Å². The Bertz CT molecular complexity index is 1240. The number of aromatic nitrogens is 3. The van der Waals surface area contributed by atoms with E-state index in [-0.39, 0.29) is 28.1 Å². The molecule has 34 heavy (non-hydrogen) atoms. The Hall–Kier alpha value is -3.15. The molecule has 0 aliphatic heterocycles. The lowest BCUT2D eigenvalue weighted by Gasteiger charge is -2.15. The Morgan fingerprint density at radius 3 is 2.59 bits per heavy atom. The average Bonchev–Trinajstić information content (AvgIpc) is 3.22.